The third kappa shape index (κ3) is 4.09. The van der Waals surface area contributed by atoms with Gasteiger partial charge in [0.2, 0.25) is 11.7 Å². The monoisotopic (exact) mass is 281 g/mol. The van der Waals surface area contributed by atoms with E-state index in [1.54, 1.807) is 6.07 Å². The van der Waals surface area contributed by atoms with Crippen LogP contribution in [-0.4, -0.2) is 29.2 Å². The van der Waals surface area contributed by atoms with Gasteiger partial charge in [0.15, 0.2) is 0 Å². The number of carbonyl (C=O) groups is 2. The summed E-state index contributed by atoms with van der Waals surface area (Å²) in [5.74, 6) is -0.888. The largest absolute Gasteiger partial charge is 0.475 e. The molecule has 1 amide bonds. The summed E-state index contributed by atoms with van der Waals surface area (Å²) in [4.78, 5) is 22.3. The third-order valence-corrected chi connectivity index (χ3v) is 3.35. The number of hydrogen-bond donors (Lipinski definition) is 2. The van der Waals surface area contributed by atoms with Gasteiger partial charge in [0, 0.05) is 6.42 Å². The van der Waals surface area contributed by atoms with Crippen molar-refractivity contribution >= 4 is 11.9 Å². The van der Waals surface area contributed by atoms with Crippen molar-refractivity contribution in [2.45, 2.75) is 51.4 Å². The van der Waals surface area contributed by atoms with Crippen molar-refractivity contribution in [1.29, 1.82) is 0 Å². The van der Waals surface area contributed by atoms with Gasteiger partial charge in [-0.1, -0.05) is 0 Å². The van der Waals surface area contributed by atoms with E-state index in [0.29, 0.717) is 24.7 Å². The van der Waals surface area contributed by atoms with Crippen molar-refractivity contribution in [1.82, 2.24) is 5.32 Å². The van der Waals surface area contributed by atoms with Crippen LogP contribution >= 0.6 is 0 Å². The normalized spacial score (nSPS) is 21.9. The van der Waals surface area contributed by atoms with Crippen LogP contribution in [0.15, 0.2) is 16.5 Å². The fraction of sp³-hybridized carbons (Fsp3) is 0.571. The van der Waals surface area contributed by atoms with Crippen molar-refractivity contribution < 1.29 is 23.8 Å². The minimum Gasteiger partial charge on any atom is -0.475 e. The molecule has 0 radical (unpaired) electrons. The average Bonchev–Trinajstić information content (AvgIpc) is 3.03. The second kappa shape index (κ2) is 6.56. The van der Waals surface area contributed by atoms with Gasteiger partial charge in [-0.2, -0.15) is 0 Å². The van der Waals surface area contributed by atoms with Gasteiger partial charge in [0.25, 0.3) is 0 Å². The van der Waals surface area contributed by atoms with E-state index in [-0.39, 0.29) is 24.3 Å². The Bertz CT molecular complexity index is 482. The van der Waals surface area contributed by atoms with Crippen LogP contribution in [0.25, 0.3) is 0 Å². The number of amides is 1. The van der Waals surface area contributed by atoms with E-state index in [0.717, 1.165) is 12.8 Å². The summed E-state index contributed by atoms with van der Waals surface area (Å²) in [6.45, 7) is 2.24. The van der Waals surface area contributed by atoms with E-state index in [9.17, 15) is 9.59 Å². The number of furan rings is 1. The minimum atomic E-state index is -1.12. The van der Waals surface area contributed by atoms with E-state index in [4.69, 9.17) is 14.3 Å². The van der Waals surface area contributed by atoms with Gasteiger partial charge in [-0.25, -0.2) is 4.79 Å². The summed E-state index contributed by atoms with van der Waals surface area (Å²) < 4.78 is 10.7. The quantitative estimate of drug-likeness (QED) is 0.831. The van der Waals surface area contributed by atoms with Crippen LogP contribution < -0.4 is 5.32 Å². The van der Waals surface area contributed by atoms with Crippen LogP contribution in [0.3, 0.4) is 0 Å². The number of carbonyl (C=O) groups excluding carboxylic acids is 1. The fourth-order valence-electron chi connectivity index (χ4n) is 2.25. The molecule has 6 nitrogen and oxygen atoms in total. The Morgan fingerprint density at radius 3 is 2.80 bits per heavy atom. The molecule has 6 heteroatoms. The fourth-order valence-corrected chi connectivity index (χ4v) is 2.25. The first-order valence-electron chi connectivity index (χ1n) is 6.78. The van der Waals surface area contributed by atoms with Crippen LogP contribution in [0, 0.1) is 0 Å². The van der Waals surface area contributed by atoms with Crippen LogP contribution in [0.1, 0.15) is 48.9 Å². The van der Waals surface area contributed by atoms with Crippen LogP contribution in [-0.2, 0) is 16.1 Å². The molecule has 0 saturated carbocycles. The summed E-state index contributed by atoms with van der Waals surface area (Å²) in [6.07, 6.45) is 3.66. The molecular formula is C14H19NO5. The number of hydrogen-bond acceptors (Lipinski definition) is 4. The lowest BCUT2D eigenvalue weighted by atomic mass is 10.1. The Morgan fingerprint density at radius 1 is 1.40 bits per heavy atom. The molecule has 0 spiro atoms. The van der Waals surface area contributed by atoms with Crippen LogP contribution in [0.5, 0.6) is 0 Å². The molecule has 2 atom stereocenters. The maximum atomic E-state index is 11.7. The van der Waals surface area contributed by atoms with Crippen LogP contribution in [0.4, 0.5) is 0 Å². The lowest BCUT2D eigenvalue weighted by molar-refractivity contribution is -0.122. The Labute approximate surface area is 117 Å². The molecule has 20 heavy (non-hydrogen) atoms. The van der Waals surface area contributed by atoms with Gasteiger partial charge in [-0.3, -0.25) is 4.79 Å². The molecule has 2 unspecified atom stereocenters. The molecule has 2 N–H and O–H groups in total. The molecule has 1 aliphatic heterocycles. The smallest absolute Gasteiger partial charge is 0.371 e. The molecule has 1 saturated heterocycles. The number of nitrogens with one attached hydrogen (secondary N) is 1. The van der Waals surface area contributed by atoms with E-state index in [1.165, 1.54) is 6.07 Å². The second-order valence-electron chi connectivity index (χ2n) is 5.03. The zero-order valence-corrected chi connectivity index (χ0v) is 11.4. The topological polar surface area (TPSA) is 88.8 Å². The number of rotatable bonds is 6. The summed E-state index contributed by atoms with van der Waals surface area (Å²) in [5, 5.41) is 11.4. The maximum Gasteiger partial charge on any atom is 0.371 e. The molecule has 0 bridgehead atoms. The maximum absolute atomic E-state index is 11.7. The highest BCUT2D eigenvalue weighted by molar-refractivity contribution is 5.84. The van der Waals surface area contributed by atoms with Crippen molar-refractivity contribution in [3.63, 3.8) is 0 Å². The molecule has 1 aliphatic rings. The molecule has 2 heterocycles. The molecule has 2 rings (SSSR count). The predicted octanol–water partition coefficient (Wildman–Crippen LogP) is 1.94. The number of aromatic carboxylic acids is 1. The Balaban J connectivity index is 1.68. The molecule has 1 fully saturated rings. The molecule has 0 aliphatic carbocycles. The third-order valence-electron chi connectivity index (χ3n) is 3.35. The van der Waals surface area contributed by atoms with Crippen molar-refractivity contribution in [2.24, 2.45) is 0 Å². The lowest BCUT2D eigenvalue weighted by Gasteiger charge is -2.10. The van der Waals surface area contributed by atoms with Crippen molar-refractivity contribution in [3.8, 4) is 0 Å². The van der Waals surface area contributed by atoms with Gasteiger partial charge in [0.1, 0.15) is 5.76 Å². The van der Waals surface area contributed by atoms with Gasteiger partial charge in [-0.05, 0) is 38.3 Å². The first-order chi connectivity index (χ1) is 9.54. The SMILES string of the molecule is CC1CCC(CCC(=O)NCc2ccc(C(=O)O)o2)O1. The summed E-state index contributed by atoms with van der Waals surface area (Å²) in [6, 6.07) is 2.92. The zero-order chi connectivity index (χ0) is 14.5. The van der Waals surface area contributed by atoms with Crippen LogP contribution in [0.2, 0.25) is 0 Å². The standard InChI is InChI=1S/C14H19NO5/c1-9-2-3-10(19-9)5-7-13(16)15-8-11-4-6-12(20-11)14(17)18/h4,6,9-10H,2-3,5,7-8H2,1H3,(H,15,16)(H,17,18). The summed E-state index contributed by atoms with van der Waals surface area (Å²) >= 11 is 0. The van der Waals surface area contributed by atoms with Gasteiger partial charge in [0.05, 0.1) is 18.8 Å². The van der Waals surface area contributed by atoms with Crippen molar-refractivity contribution in [2.75, 3.05) is 0 Å². The lowest BCUT2D eigenvalue weighted by Crippen LogP contribution is -2.23. The summed E-state index contributed by atoms with van der Waals surface area (Å²) in [7, 11) is 0. The molecule has 1 aromatic heterocycles. The highest BCUT2D eigenvalue weighted by Crippen LogP contribution is 2.22. The highest BCUT2D eigenvalue weighted by Gasteiger charge is 2.22. The molecular weight excluding hydrogens is 262 g/mol. The number of carboxylic acids is 1. The first kappa shape index (κ1) is 14.6. The van der Waals surface area contributed by atoms with Gasteiger partial charge < -0.3 is 19.6 Å². The number of carboxylic acid groups (broad SMARTS) is 1. The molecule has 1 aromatic rings. The van der Waals surface area contributed by atoms with E-state index < -0.39 is 5.97 Å². The second-order valence-corrected chi connectivity index (χ2v) is 5.03. The van der Waals surface area contributed by atoms with Gasteiger partial charge >= 0.3 is 5.97 Å². The van der Waals surface area contributed by atoms with E-state index >= 15 is 0 Å². The minimum absolute atomic E-state index is 0.0820. The molecule has 110 valence electrons. The Morgan fingerprint density at radius 2 is 2.20 bits per heavy atom. The highest BCUT2D eigenvalue weighted by atomic mass is 16.5. The van der Waals surface area contributed by atoms with E-state index in [2.05, 4.69) is 5.32 Å². The number of ether oxygens (including phenoxy) is 1. The Kier molecular flexibility index (Phi) is 4.79. The van der Waals surface area contributed by atoms with E-state index in [1.807, 2.05) is 6.92 Å². The Hall–Kier alpha value is -1.82. The predicted molar refractivity (Wildman–Crippen MR) is 70.3 cm³/mol. The zero-order valence-electron chi connectivity index (χ0n) is 11.4. The van der Waals surface area contributed by atoms with Gasteiger partial charge in [-0.15, -0.1) is 0 Å². The average molecular weight is 281 g/mol. The summed E-state index contributed by atoms with van der Waals surface area (Å²) in [5.41, 5.74) is 0. The first-order valence-corrected chi connectivity index (χ1v) is 6.78. The molecule has 0 aromatic carbocycles. The van der Waals surface area contributed by atoms with Crippen molar-refractivity contribution in [3.05, 3.63) is 23.7 Å².